The molecular formula is C19H25N5O4. The van der Waals surface area contributed by atoms with E-state index in [1.807, 2.05) is 4.68 Å². The Morgan fingerprint density at radius 2 is 2.04 bits per heavy atom. The number of aromatic amines is 1. The van der Waals surface area contributed by atoms with Crippen molar-refractivity contribution in [3.05, 3.63) is 22.4 Å². The Morgan fingerprint density at radius 1 is 1.29 bits per heavy atom. The van der Waals surface area contributed by atoms with Crippen molar-refractivity contribution in [3.63, 3.8) is 0 Å². The van der Waals surface area contributed by atoms with E-state index in [4.69, 9.17) is 9.72 Å². The third-order valence-electron chi connectivity index (χ3n) is 5.95. The van der Waals surface area contributed by atoms with Gasteiger partial charge in [0.1, 0.15) is 11.2 Å². The maximum absolute atomic E-state index is 12.6. The van der Waals surface area contributed by atoms with Crippen LogP contribution in [0.3, 0.4) is 0 Å². The highest BCUT2D eigenvalue weighted by Crippen LogP contribution is 2.41. The fourth-order valence-electron chi connectivity index (χ4n) is 3.89. The molecule has 2 fully saturated rings. The monoisotopic (exact) mass is 387 g/mol. The maximum Gasteiger partial charge on any atom is 0.262 e. The largest absolute Gasteiger partial charge is 0.381 e. The molecule has 2 aromatic rings. The number of nitrogens with one attached hydrogen (secondary N) is 2. The number of nitrogens with zero attached hydrogens (tertiary/aromatic N) is 3. The van der Waals surface area contributed by atoms with E-state index in [2.05, 4.69) is 15.4 Å². The van der Waals surface area contributed by atoms with Crippen LogP contribution >= 0.6 is 0 Å². The normalized spacial score (nSPS) is 23.9. The van der Waals surface area contributed by atoms with Crippen LogP contribution in [0.1, 0.15) is 57.3 Å². The van der Waals surface area contributed by atoms with E-state index >= 15 is 0 Å². The molecule has 2 N–H and O–H groups in total. The summed E-state index contributed by atoms with van der Waals surface area (Å²) in [6.07, 6.45) is 4.70. The second-order valence-electron chi connectivity index (χ2n) is 7.75. The first-order valence-corrected chi connectivity index (χ1v) is 9.81. The summed E-state index contributed by atoms with van der Waals surface area (Å²) in [5.74, 6) is -0.179. The Morgan fingerprint density at radius 3 is 2.68 bits per heavy atom. The van der Waals surface area contributed by atoms with E-state index in [-0.39, 0.29) is 35.1 Å². The quantitative estimate of drug-likeness (QED) is 0.792. The van der Waals surface area contributed by atoms with E-state index in [0.29, 0.717) is 36.5 Å². The summed E-state index contributed by atoms with van der Waals surface area (Å²) in [6, 6.07) is -0.358. The van der Waals surface area contributed by atoms with Gasteiger partial charge in [0, 0.05) is 25.0 Å². The molecule has 1 aliphatic heterocycles. The number of aromatic nitrogens is 4. The van der Waals surface area contributed by atoms with Gasteiger partial charge in [-0.3, -0.25) is 14.4 Å². The smallest absolute Gasteiger partial charge is 0.262 e. The van der Waals surface area contributed by atoms with Crippen LogP contribution in [0, 0.1) is 5.92 Å². The highest BCUT2D eigenvalue weighted by atomic mass is 16.5. The van der Waals surface area contributed by atoms with Gasteiger partial charge in [-0.05, 0) is 39.5 Å². The zero-order chi connectivity index (χ0) is 19.8. The van der Waals surface area contributed by atoms with Gasteiger partial charge in [0.2, 0.25) is 5.91 Å². The Kier molecular flexibility index (Phi) is 5.01. The first kappa shape index (κ1) is 18.8. The predicted octanol–water partition coefficient (Wildman–Crippen LogP) is 1.06. The molecule has 3 heterocycles. The van der Waals surface area contributed by atoms with Gasteiger partial charge < -0.3 is 15.0 Å². The van der Waals surface area contributed by atoms with Gasteiger partial charge in [0.25, 0.3) is 5.56 Å². The van der Waals surface area contributed by atoms with Crippen LogP contribution in [0.15, 0.2) is 11.0 Å². The number of H-pyrrole nitrogens is 1. The van der Waals surface area contributed by atoms with Gasteiger partial charge in [-0.1, -0.05) is 0 Å². The standard InChI is InChI=1S/C19H25N5O4/c1-10(11(2)25)21-18(26)14-4-3-13(14)16-22-17-15(19(27)23-16)9-20-24(17)12-5-7-28-8-6-12/h9-10,12-14H,3-8H2,1-2H3,(H,21,26)(H,22,23,27). The molecule has 0 aromatic carbocycles. The molecule has 3 atom stereocenters. The fraction of sp³-hybridized carbons (Fsp3) is 0.632. The molecule has 9 heteroatoms. The van der Waals surface area contributed by atoms with Crippen LogP contribution in [0.25, 0.3) is 11.0 Å². The molecule has 150 valence electrons. The van der Waals surface area contributed by atoms with Crippen LogP contribution in [-0.4, -0.2) is 50.7 Å². The number of rotatable bonds is 5. The molecule has 9 nitrogen and oxygen atoms in total. The van der Waals surface area contributed by atoms with Crippen LogP contribution in [0.4, 0.5) is 0 Å². The SMILES string of the molecule is CC(=O)C(C)NC(=O)C1CCC1c1nc2c(cnn2C2CCOCC2)c(=O)[nH]1. The van der Waals surface area contributed by atoms with Gasteiger partial charge in [-0.2, -0.15) is 5.10 Å². The lowest BCUT2D eigenvalue weighted by molar-refractivity contribution is -0.132. The molecule has 0 bridgehead atoms. The molecule has 0 spiro atoms. The summed E-state index contributed by atoms with van der Waals surface area (Å²) >= 11 is 0. The van der Waals surface area contributed by atoms with Crippen LogP contribution in [0.2, 0.25) is 0 Å². The van der Waals surface area contributed by atoms with Crippen molar-refractivity contribution in [2.45, 2.75) is 57.5 Å². The molecule has 1 aliphatic carbocycles. The van der Waals surface area contributed by atoms with Gasteiger partial charge in [0.05, 0.1) is 18.3 Å². The summed E-state index contributed by atoms with van der Waals surface area (Å²) in [4.78, 5) is 44.0. The van der Waals surface area contributed by atoms with Gasteiger partial charge in [-0.25, -0.2) is 9.67 Å². The number of hydrogen-bond donors (Lipinski definition) is 2. The first-order valence-electron chi connectivity index (χ1n) is 9.81. The number of hydrogen-bond acceptors (Lipinski definition) is 6. The van der Waals surface area contributed by atoms with E-state index in [0.717, 1.165) is 19.3 Å². The number of ketones is 1. The topological polar surface area (TPSA) is 119 Å². The molecule has 2 aromatic heterocycles. The minimum absolute atomic E-state index is 0.0856. The molecule has 28 heavy (non-hydrogen) atoms. The highest BCUT2D eigenvalue weighted by molar-refractivity contribution is 5.88. The number of Topliss-reactive ketones (excluding diaryl/α,β-unsaturated/α-hetero) is 1. The maximum atomic E-state index is 12.6. The second-order valence-corrected chi connectivity index (χ2v) is 7.75. The molecule has 2 aliphatic rings. The number of ether oxygens (including phenoxy) is 1. The van der Waals surface area contributed by atoms with Crippen molar-refractivity contribution in [3.8, 4) is 0 Å². The summed E-state index contributed by atoms with van der Waals surface area (Å²) in [5, 5.41) is 7.61. The van der Waals surface area contributed by atoms with Crippen molar-refractivity contribution in [2.75, 3.05) is 13.2 Å². The van der Waals surface area contributed by atoms with Gasteiger partial charge in [0.15, 0.2) is 11.4 Å². The lowest BCUT2D eigenvalue weighted by Gasteiger charge is -2.35. The second kappa shape index (κ2) is 7.46. The number of fused-ring (bicyclic) bond motifs is 1. The summed E-state index contributed by atoms with van der Waals surface area (Å²) < 4.78 is 7.23. The lowest BCUT2D eigenvalue weighted by atomic mass is 9.72. The third-order valence-corrected chi connectivity index (χ3v) is 5.95. The van der Waals surface area contributed by atoms with Crippen molar-refractivity contribution >= 4 is 22.7 Å². The van der Waals surface area contributed by atoms with E-state index in [1.54, 1.807) is 13.1 Å². The van der Waals surface area contributed by atoms with Crippen molar-refractivity contribution < 1.29 is 14.3 Å². The van der Waals surface area contributed by atoms with E-state index in [1.165, 1.54) is 6.92 Å². The molecule has 4 rings (SSSR count). The summed E-state index contributed by atoms with van der Waals surface area (Å²) in [5.41, 5.74) is 0.329. The average molecular weight is 387 g/mol. The fourth-order valence-corrected chi connectivity index (χ4v) is 3.89. The number of carbonyl (C=O) groups excluding carboxylic acids is 2. The lowest BCUT2D eigenvalue weighted by Crippen LogP contribution is -2.46. The van der Waals surface area contributed by atoms with Crippen LogP contribution < -0.4 is 10.9 Å². The van der Waals surface area contributed by atoms with Gasteiger partial charge >= 0.3 is 0 Å². The summed E-state index contributed by atoms with van der Waals surface area (Å²) in [7, 11) is 0. The first-order chi connectivity index (χ1) is 13.5. The zero-order valence-corrected chi connectivity index (χ0v) is 16.1. The molecule has 1 saturated carbocycles. The Labute approximate surface area is 161 Å². The molecule has 1 saturated heterocycles. The molecular weight excluding hydrogens is 362 g/mol. The van der Waals surface area contributed by atoms with Crippen molar-refractivity contribution in [1.29, 1.82) is 0 Å². The van der Waals surface area contributed by atoms with Crippen molar-refractivity contribution in [1.82, 2.24) is 25.1 Å². The average Bonchev–Trinajstić information content (AvgIpc) is 3.06. The Bertz CT molecular complexity index is 959. The summed E-state index contributed by atoms with van der Waals surface area (Å²) in [6.45, 7) is 4.46. The molecule has 1 amide bonds. The number of carbonyl (C=O) groups is 2. The van der Waals surface area contributed by atoms with Crippen LogP contribution in [-0.2, 0) is 14.3 Å². The zero-order valence-electron chi connectivity index (χ0n) is 16.1. The predicted molar refractivity (Wildman–Crippen MR) is 101 cm³/mol. The van der Waals surface area contributed by atoms with E-state index in [9.17, 15) is 14.4 Å². The van der Waals surface area contributed by atoms with Crippen LogP contribution in [0.5, 0.6) is 0 Å². The molecule has 3 unspecified atom stereocenters. The Hall–Kier alpha value is -2.55. The van der Waals surface area contributed by atoms with Crippen molar-refractivity contribution in [2.24, 2.45) is 5.92 Å². The minimum atomic E-state index is -0.516. The number of amides is 1. The molecule has 0 radical (unpaired) electrons. The van der Waals surface area contributed by atoms with Gasteiger partial charge in [-0.15, -0.1) is 0 Å². The highest BCUT2D eigenvalue weighted by Gasteiger charge is 2.40. The van der Waals surface area contributed by atoms with E-state index < -0.39 is 6.04 Å². The minimum Gasteiger partial charge on any atom is -0.381 e. The third kappa shape index (κ3) is 3.34. The Balaban J connectivity index is 1.61.